The zero-order chi connectivity index (χ0) is 30.9. The topological polar surface area (TPSA) is 158 Å². The molecule has 0 spiro atoms. The Morgan fingerprint density at radius 2 is 1.72 bits per heavy atom. The summed E-state index contributed by atoms with van der Waals surface area (Å²) in [7, 11) is 1.56. The van der Waals surface area contributed by atoms with E-state index in [4.69, 9.17) is 14.7 Å². The van der Waals surface area contributed by atoms with Crippen LogP contribution in [0, 0.1) is 11.8 Å². The number of methoxy groups -OCH3 is 1. The number of hydroxylamine groups is 1. The second kappa shape index (κ2) is 14.8. The summed E-state index contributed by atoms with van der Waals surface area (Å²) in [5.74, 6) is -0.838. The minimum Gasteiger partial charge on any atom is -0.497 e. The third kappa shape index (κ3) is 8.02. The van der Waals surface area contributed by atoms with E-state index in [1.807, 2.05) is 19.9 Å². The van der Waals surface area contributed by atoms with Gasteiger partial charge in [-0.15, -0.1) is 0 Å². The second-order valence-electron chi connectivity index (χ2n) is 11.1. The lowest BCUT2D eigenvalue weighted by atomic mass is 9.90. The molecule has 0 radical (unpaired) electrons. The van der Waals surface area contributed by atoms with Gasteiger partial charge in [0, 0.05) is 24.6 Å². The Kier molecular flexibility index (Phi) is 11.0. The van der Waals surface area contributed by atoms with Crippen LogP contribution in [0.1, 0.15) is 44.2 Å². The zero-order valence-corrected chi connectivity index (χ0v) is 24.9. The van der Waals surface area contributed by atoms with Crippen LogP contribution in [-0.2, 0) is 32.1 Å². The van der Waals surface area contributed by atoms with Gasteiger partial charge in [0.15, 0.2) is 6.61 Å². The Labute approximate surface area is 251 Å². The van der Waals surface area contributed by atoms with Gasteiger partial charge in [-0.1, -0.05) is 26.3 Å². The van der Waals surface area contributed by atoms with Crippen molar-refractivity contribution < 1.29 is 33.9 Å². The van der Waals surface area contributed by atoms with E-state index in [0.717, 1.165) is 24.2 Å². The van der Waals surface area contributed by atoms with Crippen LogP contribution in [0.15, 0.2) is 42.5 Å². The molecule has 0 aromatic heterocycles. The molecule has 2 aromatic rings. The van der Waals surface area contributed by atoms with Gasteiger partial charge in [0.05, 0.1) is 7.11 Å². The quantitative estimate of drug-likeness (QED) is 0.195. The van der Waals surface area contributed by atoms with Gasteiger partial charge in [-0.2, -0.15) is 0 Å². The van der Waals surface area contributed by atoms with Gasteiger partial charge in [0.2, 0.25) is 17.7 Å². The Bertz CT molecular complexity index is 1300. The number of amides is 4. The van der Waals surface area contributed by atoms with E-state index in [2.05, 4.69) is 16.0 Å². The molecular weight excluding hydrogens is 554 g/mol. The number of carbonyl (C=O) groups excluding carboxylic acids is 4. The van der Waals surface area contributed by atoms with E-state index < -0.39 is 18.0 Å². The van der Waals surface area contributed by atoms with Crippen LogP contribution in [0.3, 0.4) is 0 Å². The van der Waals surface area contributed by atoms with Gasteiger partial charge in [-0.25, -0.2) is 5.48 Å². The number of rotatable bonds is 11. The van der Waals surface area contributed by atoms with Crippen molar-refractivity contribution in [3.63, 3.8) is 0 Å². The highest BCUT2D eigenvalue weighted by Gasteiger charge is 2.40. The molecule has 0 unspecified atom stereocenters. The second-order valence-corrected chi connectivity index (χ2v) is 11.1. The average molecular weight is 596 g/mol. The van der Waals surface area contributed by atoms with Crippen molar-refractivity contribution in [2.75, 3.05) is 32.1 Å². The van der Waals surface area contributed by atoms with Crippen LogP contribution in [0.25, 0.3) is 0 Å². The van der Waals surface area contributed by atoms with E-state index in [1.54, 1.807) is 43.5 Å². The molecule has 2 aromatic carbocycles. The third-order valence-electron chi connectivity index (χ3n) is 8.23. The van der Waals surface area contributed by atoms with Crippen molar-refractivity contribution in [2.45, 2.75) is 58.2 Å². The molecule has 1 fully saturated rings. The van der Waals surface area contributed by atoms with E-state index in [9.17, 15) is 19.2 Å². The summed E-state index contributed by atoms with van der Waals surface area (Å²) in [6, 6.07) is 10.5. The number of carbonyl (C=O) groups is 4. The first-order valence-corrected chi connectivity index (χ1v) is 14.7. The molecule has 232 valence electrons. The molecule has 2 heterocycles. The molecule has 12 nitrogen and oxygen atoms in total. The fourth-order valence-electron chi connectivity index (χ4n) is 5.41. The van der Waals surface area contributed by atoms with Gasteiger partial charge < -0.3 is 30.3 Å². The third-order valence-corrected chi connectivity index (χ3v) is 8.23. The van der Waals surface area contributed by atoms with Gasteiger partial charge >= 0.3 is 0 Å². The molecular formula is C31H41N5O7. The molecule has 2 aliphatic heterocycles. The van der Waals surface area contributed by atoms with Crippen LogP contribution in [0.2, 0.25) is 0 Å². The summed E-state index contributed by atoms with van der Waals surface area (Å²) in [5, 5.41) is 18.0. The lowest BCUT2D eigenvalue weighted by Crippen LogP contribution is -2.59. The number of anilines is 1. The fraction of sp³-hybridized carbons (Fsp3) is 0.484. The maximum Gasteiger partial charge on any atom is 0.281 e. The monoisotopic (exact) mass is 595 g/mol. The van der Waals surface area contributed by atoms with E-state index in [0.29, 0.717) is 36.4 Å². The maximum absolute atomic E-state index is 14.3. The van der Waals surface area contributed by atoms with Gasteiger partial charge in [0.25, 0.3) is 5.91 Å². The minimum atomic E-state index is -0.837. The summed E-state index contributed by atoms with van der Waals surface area (Å²) in [6.07, 6.45) is 2.31. The van der Waals surface area contributed by atoms with Crippen LogP contribution in [0.4, 0.5) is 5.69 Å². The highest BCUT2D eigenvalue weighted by molar-refractivity contribution is 5.99. The lowest BCUT2D eigenvalue weighted by Gasteiger charge is -2.39. The van der Waals surface area contributed by atoms with Crippen LogP contribution < -0.4 is 30.9 Å². The summed E-state index contributed by atoms with van der Waals surface area (Å²) in [6.45, 7) is 5.11. The van der Waals surface area contributed by atoms with Crippen LogP contribution in [0.5, 0.6) is 11.5 Å². The molecule has 4 rings (SSSR count). The molecule has 0 saturated carbocycles. The molecule has 2 aliphatic rings. The van der Waals surface area contributed by atoms with Crippen LogP contribution >= 0.6 is 0 Å². The zero-order valence-electron chi connectivity index (χ0n) is 24.9. The largest absolute Gasteiger partial charge is 0.497 e. The van der Waals surface area contributed by atoms with Crippen molar-refractivity contribution in [1.82, 2.24) is 21.0 Å². The van der Waals surface area contributed by atoms with Crippen molar-refractivity contribution >= 4 is 29.3 Å². The normalized spacial score (nSPS) is 18.0. The summed E-state index contributed by atoms with van der Waals surface area (Å²) in [4.78, 5) is 54.3. The first-order chi connectivity index (χ1) is 20.7. The molecule has 0 bridgehead atoms. The molecule has 5 N–H and O–H groups in total. The SMILES string of the molecule is CC[C@H](C)[C@H](NC(=O)C1CCNCC1)C(=O)N1Cc2cc(OCC(=O)NO)ccc2C[C@H]1C(=O)Nc1ccc(OC)cc1. The minimum absolute atomic E-state index is 0.106. The fourth-order valence-corrected chi connectivity index (χ4v) is 5.41. The van der Waals surface area contributed by atoms with Crippen molar-refractivity contribution in [3.8, 4) is 11.5 Å². The van der Waals surface area contributed by atoms with E-state index >= 15 is 0 Å². The number of nitrogens with zero attached hydrogens (tertiary/aromatic N) is 1. The van der Waals surface area contributed by atoms with E-state index in [1.165, 1.54) is 10.4 Å². The first-order valence-electron chi connectivity index (χ1n) is 14.7. The first kappa shape index (κ1) is 31.8. The van der Waals surface area contributed by atoms with Gasteiger partial charge in [-0.05, 0) is 79.4 Å². The number of benzene rings is 2. The summed E-state index contributed by atoms with van der Waals surface area (Å²) < 4.78 is 10.7. The summed E-state index contributed by atoms with van der Waals surface area (Å²) in [5.41, 5.74) is 3.71. The van der Waals surface area contributed by atoms with Crippen LogP contribution in [-0.4, -0.2) is 72.6 Å². The summed E-state index contributed by atoms with van der Waals surface area (Å²) >= 11 is 0. The molecule has 0 aliphatic carbocycles. The number of hydrogen-bond acceptors (Lipinski definition) is 8. The number of ether oxygens (including phenoxy) is 2. The number of piperidine rings is 1. The number of fused-ring (bicyclic) bond motifs is 1. The molecule has 1 saturated heterocycles. The highest BCUT2D eigenvalue weighted by atomic mass is 16.5. The van der Waals surface area contributed by atoms with Crippen molar-refractivity contribution in [3.05, 3.63) is 53.6 Å². The van der Waals surface area contributed by atoms with E-state index in [-0.39, 0.29) is 49.1 Å². The molecule has 12 heteroatoms. The molecule has 43 heavy (non-hydrogen) atoms. The molecule has 3 atom stereocenters. The highest BCUT2D eigenvalue weighted by Crippen LogP contribution is 2.30. The van der Waals surface area contributed by atoms with Crippen molar-refractivity contribution in [2.24, 2.45) is 11.8 Å². The predicted octanol–water partition coefficient (Wildman–Crippen LogP) is 2.00. The Morgan fingerprint density at radius 1 is 1.02 bits per heavy atom. The molecule has 4 amide bonds. The maximum atomic E-state index is 14.3. The average Bonchev–Trinajstić information content (AvgIpc) is 3.05. The lowest BCUT2D eigenvalue weighted by molar-refractivity contribution is -0.145. The Balaban J connectivity index is 1.62. The number of nitrogens with one attached hydrogen (secondary N) is 4. The number of hydrogen-bond donors (Lipinski definition) is 5. The standard InChI is InChI=1S/C31H41N5O7/c1-4-19(2)28(34-29(38)20-11-13-32-14-12-20)31(40)36-17-22-15-25(43-18-27(37)35-41)8-5-21(22)16-26(36)30(39)33-23-6-9-24(42-3)10-7-23/h5-10,15,19-20,26,28,32,41H,4,11-14,16-18H2,1-3H3,(H,33,39)(H,34,38)(H,35,37)/t19-,26-,28-/m0/s1. The van der Waals surface area contributed by atoms with Gasteiger partial charge in [-0.3, -0.25) is 24.4 Å². The van der Waals surface area contributed by atoms with Gasteiger partial charge in [0.1, 0.15) is 23.6 Å². The van der Waals surface area contributed by atoms with Crippen molar-refractivity contribution in [1.29, 1.82) is 0 Å². The Hall–Kier alpha value is -4.16. The smallest absolute Gasteiger partial charge is 0.281 e. The Morgan fingerprint density at radius 3 is 2.37 bits per heavy atom. The predicted molar refractivity (Wildman–Crippen MR) is 159 cm³/mol.